The minimum atomic E-state index is -0.530. The molecule has 0 saturated carbocycles. The van der Waals surface area contributed by atoms with Gasteiger partial charge in [0.25, 0.3) is 5.91 Å². The lowest BCUT2D eigenvalue weighted by molar-refractivity contribution is 0.0524. The van der Waals surface area contributed by atoms with Gasteiger partial charge in [-0.15, -0.1) is 10.2 Å². The first-order valence-electron chi connectivity index (χ1n) is 7.91. The summed E-state index contributed by atoms with van der Waals surface area (Å²) in [7, 11) is 0. The number of rotatable bonds is 5. The molecule has 26 heavy (non-hydrogen) atoms. The molecule has 7 nitrogen and oxygen atoms in total. The summed E-state index contributed by atoms with van der Waals surface area (Å²) in [5.41, 5.74) is 3.69. The third kappa shape index (κ3) is 4.04. The van der Waals surface area contributed by atoms with Crippen molar-refractivity contribution in [1.29, 1.82) is 0 Å². The molecule has 1 heterocycles. The monoisotopic (exact) mass is 368 g/mol. The fourth-order valence-corrected chi connectivity index (χ4v) is 2.88. The van der Waals surface area contributed by atoms with Crippen molar-refractivity contribution in [3.8, 4) is 5.69 Å². The SMILES string of the molecule is CCOC(=O)c1nn(-c2ccccc2)/c(=N/NC(=O)c2ccccc2)s1. The predicted octanol–water partition coefficient (Wildman–Crippen LogP) is 2.36. The number of carbonyl (C=O) groups excluding carboxylic acids is 2. The van der Waals surface area contributed by atoms with Crippen LogP contribution in [0.15, 0.2) is 65.8 Å². The third-order valence-corrected chi connectivity index (χ3v) is 4.19. The van der Waals surface area contributed by atoms with Crippen molar-refractivity contribution >= 4 is 23.2 Å². The predicted molar refractivity (Wildman–Crippen MR) is 96.9 cm³/mol. The molecule has 0 spiro atoms. The summed E-state index contributed by atoms with van der Waals surface area (Å²) in [6.45, 7) is 1.98. The molecule has 1 aromatic heterocycles. The van der Waals surface area contributed by atoms with Crippen LogP contribution in [-0.4, -0.2) is 28.3 Å². The molecule has 132 valence electrons. The van der Waals surface area contributed by atoms with Gasteiger partial charge in [-0.1, -0.05) is 47.7 Å². The summed E-state index contributed by atoms with van der Waals surface area (Å²) in [5, 5.41) is 8.55. The molecule has 0 radical (unpaired) electrons. The summed E-state index contributed by atoms with van der Waals surface area (Å²) >= 11 is 1.04. The number of nitrogens with one attached hydrogen (secondary N) is 1. The second-order valence-corrected chi connectivity index (χ2v) is 6.03. The number of hydrogen-bond donors (Lipinski definition) is 1. The van der Waals surface area contributed by atoms with Gasteiger partial charge < -0.3 is 4.74 Å². The fraction of sp³-hybridized carbons (Fsp3) is 0.111. The van der Waals surface area contributed by atoms with Crippen LogP contribution < -0.4 is 10.2 Å². The Bertz CT molecular complexity index is 965. The smallest absolute Gasteiger partial charge is 0.369 e. The number of ether oxygens (including phenoxy) is 1. The van der Waals surface area contributed by atoms with Crippen LogP contribution in [0.1, 0.15) is 27.1 Å². The second-order valence-electron chi connectivity index (χ2n) is 5.08. The van der Waals surface area contributed by atoms with Crippen LogP contribution >= 0.6 is 11.3 Å². The van der Waals surface area contributed by atoms with E-state index in [4.69, 9.17) is 4.74 Å². The molecule has 0 aliphatic heterocycles. The Balaban J connectivity index is 1.96. The topological polar surface area (TPSA) is 85.6 Å². The number of nitrogens with zero attached hydrogens (tertiary/aromatic N) is 3. The number of esters is 1. The molecule has 0 bridgehead atoms. The number of hydrogen-bond acceptors (Lipinski definition) is 6. The quantitative estimate of drug-likeness (QED) is 0.553. The van der Waals surface area contributed by atoms with E-state index in [0.29, 0.717) is 16.1 Å². The second kappa shape index (κ2) is 8.21. The van der Waals surface area contributed by atoms with Crippen molar-refractivity contribution in [3.05, 3.63) is 76.0 Å². The average molecular weight is 368 g/mol. The van der Waals surface area contributed by atoms with Crippen LogP contribution in [-0.2, 0) is 4.74 Å². The summed E-state index contributed by atoms with van der Waals surface area (Å²) in [6.07, 6.45) is 0. The van der Waals surface area contributed by atoms with Gasteiger partial charge >= 0.3 is 5.97 Å². The van der Waals surface area contributed by atoms with E-state index < -0.39 is 5.97 Å². The molecule has 0 aliphatic rings. The van der Waals surface area contributed by atoms with Gasteiger partial charge in [-0.3, -0.25) is 4.79 Å². The van der Waals surface area contributed by atoms with Crippen LogP contribution in [0.3, 0.4) is 0 Å². The molecule has 3 rings (SSSR count). The average Bonchev–Trinajstić information content (AvgIpc) is 3.12. The maximum atomic E-state index is 12.2. The Hall–Kier alpha value is -3.26. The molecule has 3 aromatic rings. The standard InChI is InChI=1S/C18H16N4O3S/c1-2-25-17(24)16-21-22(14-11-7-4-8-12-14)18(26-16)20-19-15(23)13-9-5-3-6-10-13/h3-12H,2H2,1H3,(H,19,23)/b20-18-. The largest absolute Gasteiger partial charge is 0.461 e. The first kappa shape index (κ1) is 17.6. The number of amides is 1. The lowest BCUT2D eigenvalue weighted by Gasteiger charge is -2.01. The Morgan fingerprint density at radius 2 is 1.77 bits per heavy atom. The number of para-hydroxylation sites is 1. The van der Waals surface area contributed by atoms with E-state index in [0.717, 1.165) is 11.3 Å². The molecule has 0 unspecified atom stereocenters. The van der Waals surface area contributed by atoms with Gasteiger partial charge in [-0.2, -0.15) is 0 Å². The van der Waals surface area contributed by atoms with Crippen molar-refractivity contribution < 1.29 is 14.3 Å². The van der Waals surface area contributed by atoms with Gasteiger partial charge in [0.05, 0.1) is 12.3 Å². The zero-order chi connectivity index (χ0) is 18.4. The van der Waals surface area contributed by atoms with E-state index in [1.54, 1.807) is 31.2 Å². The number of benzene rings is 2. The van der Waals surface area contributed by atoms with E-state index >= 15 is 0 Å². The molecule has 8 heteroatoms. The maximum Gasteiger partial charge on any atom is 0.369 e. The van der Waals surface area contributed by atoms with Crippen LogP contribution in [0.25, 0.3) is 5.69 Å². The molecule has 1 N–H and O–H groups in total. The van der Waals surface area contributed by atoms with Crippen LogP contribution in [0, 0.1) is 0 Å². The summed E-state index contributed by atoms with van der Waals surface area (Å²) in [4.78, 5) is 24.5. The van der Waals surface area contributed by atoms with E-state index in [1.165, 1.54) is 4.68 Å². The lowest BCUT2D eigenvalue weighted by atomic mass is 10.2. The van der Waals surface area contributed by atoms with Gasteiger partial charge in [0.2, 0.25) is 9.81 Å². The van der Waals surface area contributed by atoms with Crippen molar-refractivity contribution in [2.45, 2.75) is 6.92 Å². The van der Waals surface area contributed by atoms with Crippen molar-refractivity contribution in [3.63, 3.8) is 0 Å². The van der Waals surface area contributed by atoms with Crippen LogP contribution in [0.2, 0.25) is 0 Å². The first-order chi connectivity index (χ1) is 12.7. The Morgan fingerprint density at radius 1 is 1.12 bits per heavy atom. The number of carbonyl (C=O) groups is 2. The zero-order valence-electron chi connectivity index (χ0n) is 14.0. The highest BCUT2D eigenvalue weighted by molar-refractivity contribution is 7.10. The minimum absolute atomic E-state index is 0.156. The summed E-state index contributed by atoms with van der Waals surface area (Å²) in [6, 6.07) is 18.0. The maximum absolute atomic E-state index is 12.2. The molecular weight excluding hydrogens is 352 g/mol. The molecule has 2 aromatic carbocycles. The third-order valence-electron chi connectivity index (χ3n) is 3.30. The highest BCUT2D eigenvalue weighted by atomic mass is 32.1. The van der Waals surface area contributed by atoms with E-state index in [9.17, 15) is 9.59 Å². The van der Waals surface area contributed by atoms with Gasteiger partial charge in [-0.25, -0.2) is 14.9 Å². The first-order valence-corrected chi connectivity index (χ1v) is 8.72. The van der Waals surface area contributed by atoms with Crippen molar-refractivity contribution in [2.75, 3.05) is 6.61 Å². The Kier molecular flexibility index (Phi) is 5.55. The molecule has 0 fully saturated rings. The summed E-state index contributed by atoms with van der Waals surface area (Å²) < 4.78 is 6.48. The van der Waals surface area contributed by atoms with Crippen LogP contribution in [0.5, 0.6) is 0 Å². The van der Waals surface area contributed by atoms with Crippen molar-refractivity contribution in [1.82, 2.24) is 15.2 Å². The molecule has 0 atom stereocenters. The van der Waals surface area contributed by atoms with E-state index in [1.807, 2.05) is 36.4 Å². The minimum Gasteiger partial charge on any atom is -0.461 e. The van der Waals surface area contributed by atoms with Gasteiger partial charge in [-0.05, 0) is 31.2 Å². The Labute approximate surface area is 153 Å². The molecule has 1 amide bonds. The van der Waals surface area contributed by atoms with Gasteiger partial charge in [0.15, 0.2) is 0 Å². The highest BCUT2D eigenvalue weighted by Gasteiger charge is 2.15. The number of aromatic nitrogens is 2. The highest BCUT2D eigenvalue weighted by Crippen LogP contribution is 2.08. The lowest BCUT2D eigenvalue weighted by Crippen LogP contribution is -2.24. The molecule has 0 aliphatic carbocycles. The van der Waals surface area contributed by atoms with Crippen molar-refractivity contribution in [2.24, 2.45) is 5.10 Å². The molecular formula is C18H16N4O3S. The Morgan fingerprint density at radius 3 is 2.42 bits per heavy atom. The van der Waals surface area contributed by atoms with E-state index in [2.05, 4.69) is 15.6 Å². The summed E-state index contributed by atoms with van der Waals surface area (Å²) in [5.74, 6) is -0.880. The fourth-order valence-electron chi connectivity index (χ4n) is 2.12. The molecule has 0 saturated heterocycles. The zero-order valence-corrected chi connectivity index (χ0v) is 14.8. The van der Waals surface area contributed by atoms with Crippen LogP contribution in [0.4, 0.5) is 0 Å². The van der Waals surface area contributed by atoms with Gasteiger partial charge in [0.1, 0.15) is 0 Å². The normalized spacial score (nSPS) is 11.2. The van der Waals surface area contributed by atoms with E-state index in [-0.39, 0.29) is 17.5 Å². The van der Waals surface area contributed by atoms with Gasteiger partial charge in [0, 0.05) is 5.56 Å².